The number of rotatable bonds is 18. The van der Waals surface area contributed by atoms with Gasteiger partial charge in [0.1, 0.15) is 25.8 Å². The van der Waals surface area contributed by atoms with Crippen LogP contribution < -0.4 is 20.1 Å². The second kappa shape index (κ2) is 18.5. The van der Waals surface area contributed by atoms with E-state index in [0.29, 0.717) is 51.7 Å². The van der Waals surface area contributed by atoms with Crippen molar-refractivity contribution in [2.24, 2.45) is 0 Å². The summed E-state index contributed by atoms with van der Waals surface area (Å²) in [7, 11) is 1.56. The van der Waals surface area contributed by atoms with Crippen LogP contribution in [0.25, 0.3) is 5.57 Å². The third-order valence-corrected chi connectivity index (χ3v) is 9.36. The molecule has 1 aliphatic heterocycles. The number of nitrogens with one attached hydrogen (secondary N) is 2. The number of ether oxygens (including phenoxy) is 4. The number of alkyl halides is 2. The molecule has 1 saturated carbocycles. The second-order valence-corrected chi connectivity index (χ2v) is 13.5. The molecule has 0 aromatic heterocycles. The van der Waals surface area contributed by atoms with Crippen molar-refractivity contribution in [1.82, 2.24) is 15.5 Å². The molecule has 2 aliphatic rings. The summed E-state index contributed by atoms with van der Waals surface area (Å²) in [5.74, 6) is 0.982. The highest BCUT2D eigenvalue weighted by Gasteiger charge is 2.38. The fraction of sp³-hybridized carbons (Fsp3) is 0.432. The molecule has 1 unspecified atom stereocenters. The zero-order valence-corrected chi connectivity index (χ0v) is 30.4. The molecule has 0 spiro atoms. The molecule has 8 nitrogen and oxygen atoms in total. The highest BCUT2D eigenvalue weighted by Crippen LogP contribution is 2.37. The number of carbonyl (C=O) groups is 1. The topological polar surface area (TPSA) is 81.3 Å². The summed E-state index contributed by atoms with van der Waals surface area (Å²) < 4.78 is 48.0. The predicted octanol–water partition coefficient (Wildman–Crippen LogP) is 7.69. The van der Waals surface area contributed by atoms with Crippen LogP contribution >= 0.6 is 34.8 Å². The second-order valence-electron chi connectivity index (χ2n) is 12.3. The molecule has 1 amide bonds. The lowest BCUT2D eigenvalue weighted by Crippen LogP contribution is -2.47. The Balaban J connectivity index is 1.34. The number of nitrogens with zero attached hydrogens (tertiary/aromatic N) is 1. The molecule has 0 saturated heterocycles. The van der Waals surface area contributed by atoms with Gasteiger partial charge < -0.3 is 34.5 Å². The molecule has 3 aromatic rings. The van der Waals surface area contributed by atoms with Crippen molar-refractivity contribution >= 4 is 46.3 Å². The van der Waals surface area contributed by atoms with Crippen molar-refractivity contribution < 1.29 is 32.5 Å². The van der Waals surface area contributed by atoms with E-state index < -0.39 is 13.0 Å². The van der Waals surface area contributed by atoms with Gasteiger partial charge in [-0.3, -0.25) is 4.79 Å². The van der Waals surface area contributed by atoms with Gasteiger partial charge in [0.05, 0.1) is 29.2 Å². The molecule has 1 heterocycles. The average Bonchev–Trinajstić information content (AvgIpc) is 3.93. The minimum Gasteiger partial charge on any atom is -0.490 e. The van der Waals surface area contributed by atoms with Crippen molar-refractivity contribution in [3.05, 3.63) is 97.5 Å². The van der Waals surface area contributed by atoms with E-state index in [4.69, 9.17) is 53.8 Å². The molecular weight excluding hydrogens is 711 g/mol. The number of methoxy groups -OCH3 is 1. The normalized spacial score (nSPS) is 16.2. The summed E-state index contributed by atoms with van der Waals surface area (Å²) in [5, 5.41) is 7.64. The van der Waals surface area contributed by atoms with E-state index in [1.54, 1.807) is 31.4 Å². The Morgan fingerprint density at radius 2 is 1.72 bits per heavy atom. The minimum absolute atomic E-state index is 0.0677. The molecule has 5 rings (SSSR count). The summed E-state index contributed by atoms with van der Waals surface area (Å²) in [6, 6.07) is 16.4. The minimum atomic E-state index is -2.44. The van der Waals surface area contributed by atoms with Crippen LogP contribution in [0.2, 0.25) is 15.1 Å². The number of halogens is 5. The number of aryl methyl sites for hydroxylation is 1. The lowest BCUT2D eigenvalue weighted by atomic mass is 9.88. The van der Waals surface area contributed by atoms with E-state index >= 15 is 0 Å². The molecule has 1 fully saturated rings. The predicted molar refractivity (Wildman–Crippen MR) is 193 cm³/mol. The molecule has 0 bridgehead atoms. The van der Waals surface area contributed by atoms with Gasteiger partial charge >= 0.3 is 0 Å². The van der Waals surface area contributed by atoms with E-state index in [1.165, 1.54) is 0 Å². The largest absolute Gasteiger partial charge is 0.490 e. The van der Waals surface area contributed by atoms with Crippen LogP contribution in [0.15, 0.2) is 60.2 Å². The molecule has 2 N–H and O–H groups in total. The number of hydrogen-bond donors (Lipinski definition) is 2. The highest BCUT2D eigenvalue weighted by atomic mass is 35.5. The average molecular weight is 753 g/mol. The maximum atomic E-state index is 14.6. The standard InChI is InChI=1S/C37H42Cl3F2N3O5/c1-23-15-31(39)36(32(40)16-23)50-14-13-49-28-8-4-25(5-9-28)29-11-12-44-33(21-48-22-47-2)35(29)37(46)45(27-6-7-27)20-26-17-24(3-10-30(26)38)18-43-19-34(41)42/h3-5,8-10,15-17,27,33-34,43-44H,6-7,11-14,18-22H2,1-2H3. The van der Waals surface area contributed by atoms with Gasteiger partial charge in [-0.2, -0.15) is 0 Å². The van der Waals surface area contributed by atoms with Crippen LogP contribution in [-0.2, 0) is 27.4 Å². The Bertz CT molecular complexity index is 1620. The van der Waals surface area contributed by atoms with Crippen LogP contribution in [0.4, 0.5) is 8.78 Å². The first-order chi connectivity index (χ1) is 24.1. The van der Waals surface area contributed by atoms with Crippen molar-refractivity contribution in [2.75, 3.05) is 46.8 Å². The highest BCUT2D eigenvalue weighted by molar-refractivity contribution is 6.37. The van der Waals surface area contributed by atoms with Gasteiger partial charge in [0, 0.05) is 36.8 Å². The quantitative estimate of drug-likeness (QED) is 0.102. The van der Waals surface area contributed by atoms with Gasteiger partial charge in [0.25, 0.3) is 12.3 Å². The molecule has 3 aromatic carbocycles. The van der Waals surface area contributed by atoms with E-state index in [1.807, 2.05) is 42.2 Å². The van der Waals surface area contributed by atoms with Crippen molar-refractivity contribution in [3.63, 3.8) is 0 Å². The van der Waals surface area contributed by atoms with Crippen molar-refractivity contribution in [3.8, 4) is 11.5 Å². The Hall–Kier alpha value is -2.96. The molecule has 1 atom stereocenters. The summed E-state index contributed by atoms with van der Waals surface area (Å²) in [4.78, 5) is 16.5. The number of carbonyl (C=O) groups excluding carboxylic acids is 1. The van der Waals surface area contributed by atoms with Gasteiger partial charge in [-0.1, -0.05) is 59.1 Å². The number of amides is 1. The van der Waals surface area contributed by atoms with Crippen molar-refractivity contribution in [2.45, 2.75) is 57.8 Å². The zero-order chi connectivity index (χ0) is 35.6. The summed E-state index contributed by atoms with van der Waals surface area (Å²) in [6.45, 7) is 3.60. The number of benzene rings is 3. The van der Waals surface area contributed by atoms with Gasteiger partial charge in [-0.15, -0.1) is 0 Å². The summed E-state index contributed by atoms with van der Waals surface area (Å²) in [5.41, 5.74) is 5.00. The van der Waals surface area contributed by atoms with E-state index in [9.17, 15) is 13.6 Å². The van der Waals surface area contributed by atoms with Crippen LogP contribution in [0, 0.1) is 6.92 Å². The monoisotopic (exact) mass is 751 g/mol. The lowest BCUT2D eigenvalue weighted by Gasteiger charge is -2.33. The van der Waals surface area contributed by atoms with E-state index in [0.717, 1.165) is 40.7 Å². The van der Waals surface area contributed by atoms with Gasteiger partial charge in [0.2, 0.25) is 0 Å². The van der Waals surface area contributed by atoms with Crippen molar-refractivity contribution in [1.29, 1.82) is 0 Å². The third-order valence-electron chi connectivity index (χ3n) is 8.43. The fourth-order valence-electron chi connectivity index (χ4n) is 5.94. The van der Waals surface area contributed by atoms with Crippen LogP contribution in [0.3, 0.4) is 0 Å². The Labute approximate surface area is 306 Å². The maximum Gasteiger partial charge on any atom is 0.252 e. The van der Waals surface area contributed by atoms with Crippen LogP contribution in [0.1, 0.15) is 41.5 Å². The number of hydrogen-bond acceptors (Lipinski definition) is 7. The zero-order valence-electron chi connectivity index (χ0n) is 28.1. The smallest absolute Gasteiger partial charge is 0.252 e. The van der Waals surface area contributed by atoms with E-state index in [-0.39, 0.29) is 51.1 Å². The molecular formula is C37H42Cl3F2N3O5. The van der Waals surface area contributed by atoms with Gasteiger partial charge in [-0.05, 0) is 90.9 Å². The fourth-order valence-corrected chi connectivity index (χ4v) is 6.83. The summed E-state index contributed by atoms with van der Waals surface area (Å²) >= 11 is 19.2. The molecule has 1 aliphatic carbocycles. The first kappa shape index (κ1) is 38.3. The molecule has 13 heteroatoms. The lowest BCUT2D eigenvalue weighted by molar-refractivity contribution is -0.129. The van der Waals surface area contributed by atoms with E-state index in [2.05, 4.69) is 10.6 Å². The first-order valence-electron chi connectivity index (χ1n) is 16.6. The van der Waals surface area contributed by atoms with Crippen LogP contribution in [0.5, 0.6) is 11.5 Å². The SMILES string of the molecule is COCOCC1NCCC(c2ccc(OCCOc3c(Cl)cc(C)cc3Cl)cc2)=C1C(=O)N(Cc1cc(CNCC(F)F)ccc1Cl)C1CC1. The molecule has 270 valence electrons. The molecule has 0 radical (unpaired) electrons. The van der Waals surface area contributed by atoms with Crippen LogP contribution in [-0.4, -0.2) is 76.1 Å². The molecule has 50 heavy (non-hydrogen) atoms. The Morgan fingerprint density at radius 3 is 2.40 bits per heavy atom. The van der Waals surface area contributed by atoms with Gasteiger partial charge in [0.15, 0.2) is 5.75 Å². The Morgan fingerprint density at radius 1 is 1.00 bits per heavy atom. The Kier molecular flexibility index (Phi) is 14.2. The third kappa shape index (κ3) is 10.5. The first-order valence-corrected chi connectivity index (χ1v) is 17.7. The summed E-state index contributed by atoms with van der Waals surface area (Å²) in [6.07, 6.45) is -0.0287. The maximum absolute atomic E-state index is 14.6. The van der Waals surface area contributed by atoms with Gasteiger partial charge in [-0.25, -0.2) is 8.78 Å².